The lowest BCUT2D eigenvalue weighted by molar-refractivity contribution is -0.112. The molecule has 102 valence electrons. The number of rotatable bonds is 4. The van der Waals surface area contributed by atoms with Crippen LogP contribution in [0.1, 0.15) is 18.1 Å². The molecular formula is C17H16BrNO. The standard InChI is InChI=1S/C17H16BrNO/c1-2-13-8-10-15(11-9-13)19-17(20)16(18)12-14-6-4-3-5-7-14/h3-12H,2H2,1H3,(H,19,20). The summed E-state index contributed by atoms with van der Waals surface area (Å²) in [5, 5.41) is 2.86. The van der Waals surface area contributed by atoms with Gasteiger partial charge in [-0.15, -0.1) is 0 Å². The molecule has 1 N–H and O–H groups in total. The summed E-state index contributed by atoms with van der Waals surface area (Å²) < 4.78 is 0.503. The van der Waals surface area contributed by atoms with E-state index in [1.165, 1.54) is 5.56 Å². The van der Waals surface area contributed by atoms with Gasteiger partial charge >= 0.3 is 0 Å². The first-order valence-electron chi connectivity index (χ1n) is 6.51. The second kappa shape index (κ2) is 7.06. The number of carbonyl (C=O) groups is 1. The predicted molar refractivity (Wildman–Crippen MR) is 87.8 cm³/mol. The molecule has 20 heavy (non-hydrogen) atoms. The van der Waals surface area contributed by atoms with Gasteiger partial charge in [0.15, 0.2) is 0 Å². The lowest BCUT2D eigenvalue weighted by Crippen LogP contribution is -2.11. The van der Waals surface area contributed by atoms with E-state index in [1.54, 1.807) is 6.08 Å². The quantitative estimate of drug-likeness (QED) is 0.814. The van der Waals surface area contributed by atoms with Crippen molar-refractivity contribution < 1.29 is 4.79 Å². The number of benzene rings is 2. The number of anilines is 1. The van der Waals surface area contributed by atoms with Gasteiger partial charge in [-0.3, -0.25) is 4.79 Å². The summed E-state index contributed by atoms with van der Waals surface area (Å²) in [6.45, 7) is 2.10. The zero-order valence-corrected chi connectivity index (χ0v) is 12.9. The maximum Gasteiger partial charge on any atom is 0.262 e. The van der Waals surface area contributed by atoms with Crippen LogP contribution < -0.4 is 5.32 Å². The van der Waals surface area contributed by atoms with Gasteiger partial charge in [-0.1, -0.05) is 49.4 Å². The second-order valence-electron chi connectivity index (χ2n) is 4.41. The Bertz CT molecular complexity index is 603. The van der Waals surface area contributed by atoms with Crippen molar-refractivity contribution in [2.75, 3.05) is 5.32 Å². The Morgan fingerprint density at radius 3 is 2.35 bits per heavy atom. The summed E-state index contributed by atoms with van der Waals surface area (Å²) in [6, 6.07) is 17.6. The van der Waals surface area contributed by atoms with Crippen LogP contribution in [0.4, 0.5) is 5.69 Å². The fourth-order valence-corrected chi connectivity index (χ4v) is 2.14. The Hall–Kier alpha value is -1.87. The number of carbonyl (C=O) groups excluding carboxylic acids is 1. The fraction of sp³-hybridized carbons (Fsp3) is 0.118. The highest BCUT2D eigenvalue weighted by atomic mass is 79.9. The molecule has 0 saturated carbocycles. The molecule has 0 heterocycles. The van der Waals surface area contributed by atoms with E-state index in [1.807, 2.05) is 54.6 Å². The largest absolute Gasteiger partial charge is 0.322 e. The molecule has 0 aliphatic carbocycles. The summed E-state index contributed by atoms with van der Waals surface area (Å²) in [5.74, 6) is -0.155. The van der Waals surface area contributed by atoms with Crippen molar-refractivity contribution in [3.8, 4) is 0 Å². The zero-order chi connectivity index (χ0) is 14.4. The van der Waals surface area contributed by atoms with E-state index in [0.717, 1.165) is 17.7 Å². The minimum absolute atomic E-state index is 0.155. The normalized spacial score (nSPS) is 11.2. The Kier molecular flexibility index (Phi) is 5.13. The molecule has 2 nitrogen and oxygen atoms in total. The summed E-state index contributed by atoms with van der Waals surface area (Å²) >= 11 is 3.31. The van der Waals surface area contributed by atoms with Gasteiger partial charge in [0, 0.05) is 5.69 Å². The lowest BCUT2D eigenvalue weighted by atomic mass is 10.1. The number of aryl methyl sites for hydroxylation is 1. The molecule has 0 fully saturated rings. The van der Waals surface area contributed by atoms with Gasteiger partial charge in [0.25, 0.3) is 5.91 Å². The van der Waals surface area contributed by atoms with Crippen LogP contribution in [0.15, 0.2) is 59.1 Å². The topological polar surface area (TPSA) is 29.1 Å². The van der Waals surface area contributed by atoms with Crippen LogP contribution >= 0.6 is 15.9 Å². The van der Waals surface area contributed by atoms with E-state index >= 15 is 0 Å². The summed E-state index contributed by atoms with van der Waals surface area (Å²) in [4.78, 5) is 12.0. The van der Waals surface area contributed by atoms with Crippen LogP contribution in [-0.4, -0.2) is 5.91 Å². The molecule has 2 aromatic rings. The number of hydrogen-bond acceptors (Lipinski definition) is 1. The van der Waals surface area contributed by atoms with E-state index in [-0.39, 0.29) is 5.91 Å². The maximum absolute atomic E-state index is 12.0. The average Bonchev–Trinajstić information content (AvgIpc) is 2.49. The van der Waals surface area contributed by atoms with Gasteiger partial charge in [0.1, 0.15) is 0 Å². The number of halogens is 1. The van der Waals surface area contributed by atoms with Crippen LogP contribution in [0.2, 0.25) is 0 Å². The van der Waals surface area contributed by atoms with Crippen LogP contribution in [0.25, 0.3) is 6.08 Å². The Labute approximate surface area is 127 Å². The van der Waals surface area contributed by atoms with Gasteiger partial charge in [-0.05, 0) is 51.7 Å². The van der Waals surface area contributed by atoms with Gasteiger partial charge < -0.3 is 5.32 Å². The first-order valence-corrected chi connectivity index (χ1v) is 7.31. The third-order valence-electron chi connectivity index (χ3n) is 2.93. The minimum Gasteiger partial charge on any atom is -0.322 e. The Morgan fingerprint density at radius 2 is 1.75 bits per heavy atom. The van der Waals surface area contributed by atoms with Crippen molar-refractivity contribution in [2.45, 2.75) is 13.3 Å². The highest BCUT2D eigenvalue weighted by molar-refractivity contribution is 9.12. The van der Waals surface area contributed by atoms with E-state index in [0.29, 0.717) is 4.48 Å². The molecule has 2 aromatic carbocycles. The van der Waals surface area contributed by atoms with Crippen LogP contribution in [-0.2, 0) is 11.2 Å². The molecule has 3 heteroatoms. The molecule has 1 amide bonds. The minimum atomic E-state index is -0.155. The molecule has 0 saturated heterocycles. The third kappa shape index (κ3) is 4.07. The van der Waals surface area contributed by atoms with Crippen LogP contribution in [0.3, 0.4) is 0 Å². The van der Waals surface area contributed by atoms with Crippen molar-refractivity contribution in [1.82, 2.24) is 0 Å². The van der Waals surface area contributed by atoms with Crippen LogP contribution in [0, 0.1) is 0 Å². The zero-order valence-electron chi connectivity index (χ0n) is 11.3. The molecule has 0 aliphatic rings. The predicted octanol–water partition coefficient (Wildman–Crippen LogP) is 4.62. The second-order valence-corrected chi connectivity index (χ2v) is 5.26. The van der Waals surface area contributed by atoms with Gasteiger partial charge in [0.05, 0.1) is 4.48 Å². The molecule has 0 aromatic heterocycles. The number of amides is 1. The van der Waals surface area contributed by atoms with Gasteiger partial charge in [0.2, 0.25) is 0 Å². The summed E-state index contributed by atoms with van der Waals surface area (Å²) in [6.07, 6.45) is 2.79. The van der Waals surface area contributed by atoms with Crippen molar-refractivity contribution >= 4 is 33.6 Å². The van der Waals surface area contributed by atoms with Crippen molar-refractivity contribution in [2.24, 2.45) is 0 Å². The van der Waals surface area contributed by atoms with Crippen molar-refractivity contribution in [3.05, 3.63) is 70.2 Å². The van der Waals surface area contributed by atoms with E-state index in [4.69, 9.17) is 0 Å². The van der Waals surface area contributed by atoms with E-state index in [9.17, 15) is 4.79 Å². The third-order valence-corrected chi connectivity index (χ3v) is 3.52. The highest BCUT2D eigenvalue weighted by Crippen LogP contribution is 2.16. The number of hydrogen-bond donors (Lipinski definition) is 1. The molecule has 0 bridgehead atoms. The van der Waals surface area contributed by atoms with Gasteiger partial charge in [-0.2, -0.15) is 0 Å². The molecule has 2 rings (SSSR count). The molecule has 0 aliphatic heterocycles. The van der Waals surface area contributed by atoms with E-state index in [2.05, 4.69) is 28.2 Å². The van der Waals surface area contributed by atoms with Gasteiger partial charge in [-0.25, -0.2) is 0 Å². The Balaban J connectivity index is 2.05. The monoisotopic (exact) mass is 329 g/mol. The average molecular weight is 330 g/mol. The summed E-state index contributed by atoms with van der Waals surface area (Å²) in [5.41, 5.74) is 3.03. The molecule has 0 atom stereocenters. The van der Waals surface area contributed by atoms with Crippen molar-refractivity contribution in [3.63, 3.8) is 0 Å². The number of nitrogens with one attached hydrogen (secondary N) is 1. The van der Waals surface area contributed by atoms with Crippen LogP contribution in [0.5, 0.6) is 0 Å². The molecule has 0 spiro atoms. The molecule has 0 radical (unpaired) electrons. The Morgan fingerprint density at radius 1 is 1.10 bits per heavy atom. The summed E-state index contributed by atoms with van der Waals surface area (Å²) in [7, 11) is 0. The fourth-order valence-electron chi connectivity index (χ4n) is 1.78. The first-order chi connectivity index (χ1) is 9.69. The lowest BCUT2D eigenvalue weighted by Gasteiger charge is -2.05. The first kappa shape index (κ1) is 14.5. The smallest absolute Gasteiger partial charge is 0.262 e. The van der Waals surface area contributed by atoms with E-state index < -0.39 is 0 Å². The SMILES string of the molecule is CCc1ccc(NC(=O)C(Br)=Cc2ccccc2)cc1. The highest BCUT2D eigenvalue weighted by Gasteiger charge is 2.06. The van der Waals surface area contributed by atoms with Crippen molar-refractivity contribution in [1.29, 1.82) is 0 Å². The molecular weight excluding hydrogens is 314 g/mol. The molecule has 0 unspecified atom stereocenters. The maximum atomic E-state index is 12.0.